The Bertz CT molecular complexity index is 1620. The van der Waals surface area contributed by atoms with Gasteiger partial charge < -0.3 is 37.4 Å². The number of methoxy groups -OCH3 is 2. The summed E-state index contributed by atoms with van der Waals surface area (Å²) in [6.07, 6.45) is 14.6. The number of esters is 4. The number of hydrogen-bond donors (Lipinski definition) is 0. The molecule has 2 aromatic carbocycles. The summed E-state index contributed by atoms with van der Waals surface area (Å²) in [6, 6.07) is 13.3. The molecular formula is C46H66N2O10+2. The molecule has 4 fully saturated rings. The van der Waals surface area contributed by atoms with Gasteiger partial charge in [-0.25, -0.2) is 0 Å². The van der Waals surface area contributed by atoms with Crippen LogP contribution < -0.4 is 18.9 Å². The highest BCUT2D eigenvalue weighted by atomic mass is 16.6. The number of hydrogen-bond acceptors (Lipinski definition) is 10. The van der Waals surface area contributed by atoms with Crippen molar-refractivity contribution in [2.24, 2.45) is 0 Å². The van der Waals surface area contributed by atoms with Gasteiger partial charge in [0.25, 0.3) is 0 Å². The molecule has 0 spiro atoms. The van der Waals surface area contributed by atoms with Crippen molar-refractivity contribution in [2.75, 3.05) is 28.3 Å². The summed E-state index contributed by atoms with van der Waals surface area (Å²) in [4.78, 5) is 48.6. The molecule has 0 saturated carbocycles. The number of fused-ring (bicyclic) bond motifs is 4. The topological polar surface area (TPSA) is 124 Å². The number of unbranched alkanes of at least 4 members (excludes halogenated alkanes) is 5. The van der Waals surface area contributed by atoms with E-state index < -0.39 is 0 Å². The van der Waals surface area contributed by atoms with Gasteiger partial charge in [-0.1, -0.05) is 25.7 Å². The summed E-state index contributed by atoms with van der Waals surface area (Å²) in [5.74, 6) is 1.06. The highest BCUT2D eigenvalue weighted by molar-refractivity contribution is 5.71. The second-order valence-electron chi connectivity index (χ2n) is 17.7. The van der Waals surface area contributed by atoms with Crippen LogP contribution in [0.5, 0.6) is 23.0 Å². The molecule has 4 aliphatic heterocycles. The lowest BCUT2D eigenvalue weighted by Crippen LogP contribution is -2.58. The molecule has 2 aromatic rings. The first kappa shape index (κ1) is 43.4. The lowest BCUT2D eigenvalue weighted by atomic mass is 9.95. The summed E-state index contributed by atoms with van der Waals surface area (Å²) < 4.78 is 35.5. The van der Waals surface area contributed by atoms with Crippen LogP contribution in [0.25, 0.3) is 0 Å². The van der Waals surface area contributed by atoms with E-state index in [2.05, 4.69) is 14.1 Å². The van der Waals surface area contributed by atoms with Gasteiger partial charge in [0.15, 0.2) is 23.0 Å². The maximum Gasteiger partial charge on any atom is 0.308 e. The second-order valence-corrected chi connectivity index (χ2v) is 17.7. The minimum Gasteiger partial charge on any atom is -0.493 e. The molecule has 6 rings (SSSR count). The van der Waals surface area contributed by atoms with Crippen LogP contribution in [-0.2, 0) is 41.7 Å². The number of ether oxygens (including phenoxy) is 6. The van der Waals surface area contributed by atoms with Gasteiger partial charge in [-0.3, -0.25) is 19.2 Å². The maximum atomic E-state index is 12.8. The highest BCUT2D eigenvalue weighted by Crippen LogP contribution is 2.46. The Hall–Kier alpha value is -4.16. The van der Waals surface area contributed by atoms with Gasteiger partial charge in [-0.2, -0.15) is 0 Å². The number of nitrogens with zero attached hydrogens (tertiary/aromatic N) is 2. The predicted octanol–water partition coefficient (Wildman–Crippen LogP) is 7.74. The minimum absolute atomic E-state index is 0.0205. The van der Waals surface area contributed by atoms with E-state index in [4.69, 9.17) is 28.4 Å². The number of carbonyl (C=O) groups excluding carboxylic acids is 4. The number of rotatable bonds is 19. The lowest BCUT2D eigenvalue weighted by molar-refractivity contribution is -0.961. The average molecular weight is 807 g/mol. The van der Waals surface area contributed by atoms with Crippen LogP contribution in [0, 0.1) is 0 Å². The summed E-state index contributed by atoms with van der Waals surface area (Å²) in [5, 5.41) is 0. The zero-order valence-corrected chi connectivity index (χ0v) is 35.6. The van der Waals surface area contributed by atoms with Crippen LogP contribution in [0.4, 0.5) is 0 Å². The fraction of sp³-hybridized carbons (Fsp3) is 0.652. The third-order valence-electron chi connectivity index (χ3n) is 13.8. The van der Waals surface area contributed by atoms with Crippen LogP contribution in [-0.4, -0.2) is 97.5 Å². The molecule has 0 amide bonds. The van der Waals surface area contributed by atoms with E-state index in [0.29, 0.717) is 60.0 Å². The van der Waals surface area contributed by atoms with Crippen LogP contribution in [0.3, 0.4) is 0 Å². The van der Waals surface area contributed by atoms with Crippen molar-refractivity contribution in [3.05, 3.63) is 47.5 Å². The normalized spacial score (nSPS) is 28.4. The summed E-state index contributed by atoms with van der Waals surface area (Å²) in [7, 11) is 7.81. The zero-order chi connectivity index (χ0) is 41.5. The third-order valence-corrected chi connectivity index (χ3v) is 13.8. The quantitative estimate of drug-likeness (QED) is 0.0603. The fourth-order valence-corrected chi connectivity index (χ4v) is 10.7. The van der Waals surface area contributed by atoms with Gasteiger partial charge in [-0.15, -0.1) is 0 Å². The van der Waals surface area contributed by atoms with Gasteiger partial charge in [0, 0.05) is 89.2 Å². The molecule has 12 heteroatoms. The van der Waals surface area contributed by atoms with Gasteiger partial charge in [0.1, 0.15) is 25.3 Å². The minimum atomic E-state index is -0.375. The molecule has 4 atom stereocenters. The molecule has 12 nitrogen and oxygen atoms in total. The number of carbonyl (C=O) groups is 4. The van der Waals surface area contributed by atoms with Crippen molar-refractivity contribution < 1.29 is 56.6 Å². The van der Waals surface area contributed by atoms with Crippen molar-refractivity contribution in [3.8, 4) is 23.0 Å². The van der Waals surface area contributed by atoms with Crippen LogP contribution >= 0.6 is 0 Å². The molecule has 4 aliphatic rings. The smallest absolute Gasteiger partial charge is 0.308 e. The molecule has 4 heterocycles. The second kappa shape index (κ2) is 19.3. The van der Waals surface area contributed by atoms with Gasteiger partial charge >= 0.3 is 23.9 Å². The number of quaternary nitrogens is 2. The Kier molecular flexibility index (Phi) is 14.4. The van der Waals surface area contributed by atoms with E-state index in [0.717, 1.165) is 123 Å². The maximum absolute atomic E-state index is 12.8. The first-order valence-corrected chi connectivity index (χ1v) is 21.6. The summed E-state index contributed by atoms with van der Waals surface area (Å²) in [5.41, 5.74) is 2.28. The predicted molar refractivity (Wildman–Crippen MR) is 217 cm³/mol. The molecule has 58 heavy (non-hydrogen) atoms. The largest absolute Gasteiger partial charge is 0.493 e. The molecule has 0 aromatic heterocycles. The Labute approximate surface area is 344 Å². The molecular weight excluding hydrogens is 741 g/mol. The Balaban J connectivity index is 0.829. The molecule has 0 aliphatic carbocycles. The molecule has 4 unspecified atom stereocenters. The van der Waals surface area contributed by atoms with E-state index in [-0.39, 0.29) is 36.1 Å². The van der Waals surface area contributed by atoms with Crippen molar-refractivity contribution in [3.63, 3.8) is 0 Å². The van der Waals surface area contributed by atoms with E-state index in [1.54, 1.807) is 14.2 Å². The van der Waals surface area contributed by atoms with Crippen LogP contribution in [0.1, 0.15) is 128 Å². The number of piperidine rings is 2. The fourth-order valence-electron chi connectivity index (χ4n) is 10.7. The Morgan fingerprint density at radius 1 is 0.534 bits per heavy atom. The highest BCUT2D eigenvalue weighted by Gasteiger charge is 2.53. The Morgan fingerprint density at radius 3 is 1.21 bits per heavy atom. The monoisotopic (exact) mass is 806 g/mol. The van der Waals surface area contributed by atoms with E-state index in [1.165, 1.54) is 13.8 Å². The van der Waals surface area contributed by atoms with Gasteiger partial charge in [0.05, 0.1) is 52.5 Å². The SMILES string of the molecule is COc1cc(C[N+]2(C)C3CCC2CC(OC(=O)CCCCCCCCC(=O)OC2CC4CCC(C2)[N+]4(C)Cc2ccc(OC(C)=O)c(OC)c2)C3)ccc1OC(C)=O. The van der Waals surface area contributed by atoms with Crippen molar-refractivity contribution in [2.45, 2.75) is 166 Å². The third kappa shape index (κ3) is 10.5. The molecule has 0 N–H and O–H groups in total. The molecule has 4 saturated heterocycles. The average Bonchev–Trinajstić information content (AvgIpc) is 3.40. The molecule has 4 bridgehead atoms. The van der Waals surface area contributed by atoms with Crippen molar-refractivity contribution >= 4 is 23.9 Å². The van der Waals surface area contributed by atoms with Crippen molar-refractivity contribution in [1.29, 1.82) is 0 Å². The van der Waals surface area contributed by atoms with Crippen LogP contribution in [0.15, 0.2) is 36.4 Å². The van der Waals surface area contributed by atoms with E-state index >= 15 is 0 Å². The van der Waals surface area contributed by atoms with Crippen molar-refractivity contribution in [1.82, 2.24) is 0 Å². The summed E-state index contributed by atoms with van der Waals surface area (Å²) >= 11 is 0. The van der Waals surface area contributed by atoms with E-state index in [1.807, 2.05) is 36.4 Å². The first-order chi connectivity index (χ1) is 27.8. The molecule has 318 valence electrons. The Morgan fingerprint density at radius 2 is 0.879 bits per heavy atom. The number of benzene rings is 2. The lowest BCUT2D eigenvalue weighted by Gasteiger charge is -2.47. The first-order valence-electron chi connectivity index (χ1n) is 21.6. The zero-order valence-electron chi connectivity index (χ0n) is 35.6. The summed E-state index contributed by atoms with van der Waals surface area (Å²) in [6.45, 7) is 4.47. The molecule has 0 radical (unpaired) electrons. The van der Waals surface area contributed by atoms with Gasteiger partial charge in [0.2, 0.25) is 0 Å². The van der Waals surface area contributed by atoms with Gasteiger partial charge in [-0.05, 0) is 49.2 Å². The van der Waals surface area contributed by atoms with E-state index in [9.17, 15) is 19.2 Å². The standard InChI is InChI=1S/C46H66N2O10/c1-31(49)55-41-21-15-33(23-43(41)53-5)29-47(3)35-17-18-36(47)26-39(25-35)57-45(51)13-11-9-7-8-10-12-14-46(52)58-40-27-37-19-20-38(28-40)48(37,4)30-34-16-22-42(56-32(2)50)44(24-34)54-6/h15-16,21-24,35-40H,7-14,17-20,25-30H2,1-6H3/q+2. The van der Waals surface area contributed by atoms with Crippen LogP contribution in [0.2, 0.25) is 0 Å².